The molecule has 1 atom stereocenters. The number of hydrogen-bond acceptors (Lipinski definition) is 1. The monoisotopic (exact) mass is 219 g/mol. The van der Waals surface area contributed by atoms with Gasteiger partial charge in [-0.3, -0.25) is 4.79 Å². The summed E-state index contributed by atoms with van der Waals surface area (Å²) in [5.41, 5.74) is 1.22. The number of carbonyl (C=O) groups is 1. The number of rotatable bonds is 6. The maximum atomic E-state index is 11.6. The summed E-state index contributed by atoms with van der Waals surface area (Å²) in [5, 5.41) is 3.01. The Morgan fingerprint density at radius 3 is 2.62 bits per heavy atom. The summed E-state index contributed by atoms with van der Waals surface area (Å²) in [7, 11) is 0. The van der Waals surface area contributed by atoms with Crippen LogP contribution in [0.3, 0.4) is 0 Å². The van der Waals surface area contributed by atoms with Crippen LogP contribution in [-0.2, 0) is 11.2 Å². The molecule has 0 bridgehead atoms. The molecule has 1 unspecified atom stereocenters. The summed E-state index contributed by atoms with van der Waals surface area (Å²) in [5.74, 6) is 0.157. The lowest BCUT2D eigenvalue weighted by Crippen LogP contribution is -2.32. The molecule has 88 valence electrons. The highest BCUT2D eigenvalue weighted by molar-refractivity contribution is 5.76. The van der Waals surface area contributed by atoms with Crippen molar-refractivity contribution >= 4 is 5.91 Å². The van der Waals surface area contributed by atoms with Gasteiger partial charge in [-0.05, 0) is 25.3 Å². The summed E-state index contributed by atoms with van der Waals surface area (Å²) in [6.07, 6.45) is 3.57. The number of carbonyl (C=O) groups excluding carboxylic acids is 1. The smallest absolute Gasteiger partial charge is 0.220 e. The SMILES string of the molecule is CCCC(C)NC(=O)CCc1ccccc1. The van der Waals surface area contributed by atoms with Crippen molar-refractivity contribution in [1.29, 1.82) is 0 Å². The molecule has 1 aromatic carbocycles. The molecule has 0 saturated heterocycles. The van der Waals surface area contributed by atoms with Crippen LogP contribution in [0.1, 0.15) is 38.7 Å². The van der Waals surface area contributed by atoms with Crippen LogP contribution in [0.25, 0.3) is 0 Å². The Hall–Kier alpha value is -1.31. The Kier molecular flexibility index (Phi) is 5.62. The standard InChI is InChI=1S/C14H21NO/c1-3-7-12(2)15-14(16)11-10-13-8-5-4-6-9-13/h4-6,8-9,12H,3,7,10-11H2,1-2H3,(H,15,16). The fraction of sp³-hybridized carbons (Fsp3) is 0.500. The van der Waals surface area contributed by atoms with Gasteiger partial charge >= 0.3 is 0 Å². The minimum atomic E-state index is 0.157. The molecular weight excluding hydrogens is 198 g/mol. The highest BCUT2D eigenvalue weighted by Crippen LogP contribution is 2.03. The third-order valence-electron chi connectivity index (χ3n) is 2.61. The minimum absolute atomic E-state index is 0.157. The maximum Gasteiger partial charge on any atom is 0.220 e. The van der Waals surface area contributed by atoms with Gasteiger partial charge in [-0.2, -0.15) is 0 Å². The fourth-order valence-electron chi connectivity index (χ4n) is 1.75. The zero-order valence-corrected chi connectivity index (χ0v) is 10.2. The molecule has 0 saturated carbocycles. The van der Waals surface area contributed by atoms with Gasteiger partial charge < -0.3 is 5.32 Å². The minimum Gasteiger partial charge on any atom is -0.354 e. The van der Waals surface area contributed by atoms with E-state index in [1.807, 2.05) is 18.2 Å². The molecule has 0 aliphatic carbocycles. The van der Waals surface area contributed by atoms with E-state index >= 15 is 0 Å². The topological polar surface area (TPSA) is 29.1 Å². The first kappa shape index (κ1) is 12.8. The van der Waals surface area contributed by atoms with E-state index in [1.165, 1.54) is 5.56 Å². The van der Waals surface area contributed by atoms with E-state index in [2.05, 4.69) is 31.3 Å². The number of nitrogens with one attached hydrogen (secondary N) is 1. The lowest BCUT2D eigenvalue weighted by molar-refractivity contribution is -0.121. The summed E-state index contributed by atoms with van der Waals surface area (Å²) < 4.78 is 0. The highest BCUT2D eigenvalue weighted by atomic mass is 16.1. The second-order valence-electron chi connectivity index (χ2n) is 4.24. The second kappa shape index (κ2) is 7.04. The number of amides is 1. The largest absolute Gasteiger partial charge is 0.354 e. The van der Waals surface area contributed by atoms with Crippen molar-refractivity contribution in [2.45, 2.75) is 45.6 Å². The molecule has 1 amide bonds. The van der Waals surface area contributed by atoms with E-state index in [9.17, 15) is 4.79 Å². The first-order valence-electron chi connectivity index (χ1n) is 6.05. The Balaban J connectivity index is 2.25. The van der Waals surface area contributed by atoms with E-state index in [0.29, 0.717) is 12.5 Å². The molecule has 1 N–H and O–H groups in total. The van der Waals surface area contributed by atoms with Gasteiger partial charge in [-0.25, -0.2) is 0 Å². The van der Waals surface area contributed by atoms with Gasteiger partial charge in [-0.1, -0.05) is 43.7 Å². The molecule has 0 radical (unpaired) electrons. The van der Waals surface area contributed by atoms with Gasteiger partial charge in [0.05, 0.1) is 0 Å². The highest BCUT2D eigenvalue weighted by Gasteiger charge is 2.06. The first-order valence-corrected chi connectivity index (χ1v) is 6.05. The van der Waals surface area contributed by atoms with Crippen LogP contribution < -0.4 is 5.32 Å². The lowest BCUT2D eigenvalue weighted by atomic mass is 10.1. The van der Waals surface area contributed by atoms with E-state index in [0.717, 1.165) is 19.3 Å². The van der Waals surface area contributed by atoms with Crippen molar-refractivity contribution in [3.05, 3.63) is 35.9 Å². The quantitative estimate of drug-likeness (QED) is 0.783. The van der Waals surface area contributed by atoms with Crippen molar-refractivity contribution in [2.75, 3.05) is 0 Å². The van der Waals surface area contributed by atoms with Crippen molar-refractivity contribution < 1.29 is 4.79 Å². The molecule has 2 nitrogen and oxygen atoms in total. The predicted molar refractivity (Wildman–Crippen MR) is 67.3 cm³/mol. The van der Waals surface area contributed by atoms with Crippen LogP contribution in [0.4, 0.5) is 0 Å². The van der Waals surface area contributed by atoms with E-state index < -0.39 is 0 Å². The van der Waals surface area contributed by atoms with Gasteiger partial charge in [0, 0.05) is 12.5 Å². The van der Waals surface area contributed by atoms with Crippen molar-refractivity contribution in [1.82, 2.24) is 5.32 Å². The summed E-state index contributed by atoms with van der Waals surface area (Å²) in [6.45, 7) is 4.19. The summed E-state index contributed by atoms with van der Waals surface area (Å²) in [6, 6.07) is 10.4. The Labute approximate surface area is 98.1 Å². The predicted octanol–water partition coefficient (Wildman–Crippen LogP) is 2.92. The van der Waals surface area contributed by atoms with E-state index in [4.69, 9.17) is 0 Å². The van der Waals surface area contributed by atoms with Crippen LogP contribution in [0, 0.1) is 0 Å². The molecule has 16 heavy (non-hydrogen) atoms. The Bertz CT molecular complexity index is 308. The third kappa shape index (κ3) is 4.96. The lowest BCUT2D eigenvalue weighted by Gasteiger charge is -2.12. The zero-order valence-electron chi connectivity index (χ0n) is 10.2. The summed E-state index contributed by atoms with van der Waals surface area (Å²) in [4.78, 5) is 11.6. The van der Waals surface area contributed by atoms with Crippen molar-refractivity contribution in [3.63, 3.8) is 0 Å². The van der Waals surface area contributed by atoms with Crippen molar-refractivity contribution in [2.24, 2.45) is 0 Å². The number of hydrogen-bond donors (Lipinski definition) is 1. The Morgan fingerprint density at radius 1 is 1.31 bits per heavy atom. The van der Waals surface area contributed by atoms with Crippen LogP contribution >= 0.6 is 0 Å². The second-order valence-corrected chi connectivity index (χ2v) is 4.24. The van der Waals surface area contributed by atoms with Gasteiger partial charge in [-0.15, -0.1) is 0 Å². The van der Waals surface area contributed by atoms with Crippen LogP contribution in [0.15, 0.2) is 30.3 Å². The van der Waals surface area contributed by atoms with Gasteiger partial charge in [0.25, 0.3) is 0 Å². The zero-order chi connectivity index (χ0) is 11.8. The molecule has 0 spiro atoms. The van der Waals surface area contributed by atoms with Gasteiger partial charge in [0.2, 0.25) is 5.91 Å². The van der Waals surface area contributed by atoms with Crippen LogP contribution in [0.2, 0.25) is 0 Å². The molecule has 0 aromatic heterocycles. The Morgan fingerprint density at radius 2 is 2.00 bits per heavy atom. The van der Waals surface area contributed by atoms with Gasteiger partial charge in [0.1, 0.15) is 0 Å². The fourth-order valence-corrected chi connectivity index (χ4v) is 1.75. The number of aryl methyl sites for hydroxylation is 1. The molecule has 1 aromatic rings. The maximum absolute atomic E-state index is 11.6. The molecule has 2 heteroatoms. The molecule has 1 rings (SSSR count). The van der Waals surface area contributed by atoms with Gasteiger partial charge in [0.15, 0.2) is 0 Å². The van der Waals surface area contributed by atoms with Crippen LogP contribution in [0.5, 0.6) is 0 Å². The average Bonchev–Trinajstić information content (AvgIpc) is 2.28. The molecule has 0 fully saturated rings. The normalized spacial score (nSPS) is 12.1. The average molecular weight is 219 g/mol. The van der Waals surface area contributed by atoms with Crippen molar-refractivity contribution in [3.8, 4) is 0 Å². The number of benzene rings is 1. The third-order valence-corrected chi connectivity index (χ3v) is 2.61. The first-order chi connectivity index (χ1) is 7.72. The molecule has 0 heterocycles. The molecule has 0 aliphatic rings. The van der Waals surface area contributed by atoms with E-state index in [-0.39, 0.29) is 5.91 Å². The van der Waals surface area contributed by atoms with E-state index in [1.54, 1.807) is 0 Å². The summed E-state index contributed by atoms with van der Waals surface area (Å²) >= 11 is 0. The van der Waals surface area contributed by atoms with Crippen LogP contribution in [-0.4, -0.2) is 11.9 Å². The molecule has 0 aliphatic heterocycles. The molecular formula is C14H21NO.